The second-order valence-electron chi connectivity index (χ2n) is 4.67. The minimum absolute atomic E-state index is 0.0647. The maximum Gasteiger partial charge on any atom is 0.273 e. The van der Waals surface area contributed by atoms with Gasteiger partial charge in [-0.05, 0) is 12.5 Å². The number of amides is 1. The minimum Gasteiger partial charge on any atom is -0.376 e. The van der Waals surface area contributed by atoms with E-state index >= 15 is 0 Å². The van der Waals surface area contributed by atoms with Crippen LogP contribution in [0.1, 0.15) is 22.8 Å². The summed E-state index contributed by atoms with van der Waals surface area (Å²) < 4.78 is 5.16. The van der Waals surface area contributed by atoms with Gasteiger partial charge in [0.2, 0.25) is 0 Å². The Morgan fingerprint density at radius 1 is 1.62 bits per heavy atom. The van der Waals surface area contributed by atoms with Gasteiger partial charge in [-0.25, -0.2) is 0 Å². The van der Waals surface area contributed by atoms with E-state index in [0.717, 1.165) is 0 Å². The Morgan fingerprint density at radius 3 is 3.00 bits per heavy atom. The monoisotopic (exact) mass is 289 g/mol. The summed E-state index contributed by atoms with van der Waals surface area (Å²) in [6.07, 6.45) is 0.517. The molecule has 7 nitrogen and oxygen atoms in total. The largest absolute Gasteiger partial charge is 0.376 e. The summed E-state index contributed by atoms with van der Waals surface area (Å²) in [5.41, 5.74) is 0.738. The number of carbonyl (C=O) groups is 1. The molecule has 1 unspecified atom stereocenters. The maximum atomic E-state index is 12.4. The van der Waals surface area contributed by atoms with Gasteiger partial charge < -0.3 is 9.64 Å². The van der Waals surface area contributed by atoms with Crippen molar-refractivity contribution in [2.75, 3.05) is 19.8 Å². The molecule has 110 valence electrons. The van der Waals surface area contributed by atoms with Crippen molar-refractivity contribution in [1.29, 1.82) is 5.26 Å². The van der Waals surface area contributed by atoms with Crippen molar-refractivity contribution >= 4 is 11.6 Å². The number of hydrogen-bond donors (Lipinski definition) is 0. The smallest absolute Gasteiger partial charge is 0.273 e. The van der Waals surface area contributed by atoms with Crippen LogP contribution < -0.4 is 0 Å². The van der Waals surface area contributed by atoms with Crippen molar-refractivity contribution in [2.45, 2.75) is 19.4 Å². The zero-order chi connectivity index (χ0) is 15.4. The fourth-order valence-corrected chi connectivity index (χ4v) is 2.29. The van der Waals surface area contributed by atoms with Gasteiger partial charge >= 0.3 is 0 Å². The zero-order valence-electron chi connectivity index (χ0n) is 11.6. The first-order chi connectivity index (χ1) is 10.1. The van der Waals surface area contributed by atoms with E-state index in [1.165, 1.54) is 11.0 Å². The fraction of sp³-hybridized carbons (Fsp3) is 0.429. The molecule has 0 aliphatic carbocycles. The molecule has 0 spiro atoms. The molecule has 0 N–H and O–H groups in total. The highest BCUT2D eigenvalue weighted by Gasteiger charge is 2.29. The van der Waals surface area contributed by atoms with Crippen LogP contribution in [0.5, 0.6) is 0 Å². The highest BCUT2D eigenvalue weighted by atomic mass is 16.6. The molecule has 1 amide bonds. The van der Waals surface area contributed by atoms with Crippen molar-refractivity contribution in [1.82, 2.24) is 4.90 Å². The van der Waals surface area contributed by atoms with Crippen LogP contribution in [0.15, 0.2) is 18.2 Å². The molecule has 0 radical (unpaired) electrons. The standard InChI is InChI=1S/C14H15N3O4/c1-2-10-3-4-11(7-13(10)17(19)20)14(18)16-5-6-21-9-12(16)8-15/h3-4,7,12H,2,5-6,9H2,1H3. The molecule has 0 saturated carbocycles. The third-order valence-electron chi connectivity index (χ3n) is 3.45. The van der Waals surface area contributed by atoms with Crippen molar-refractivity contribution < 1.29 is 14.5 Å². The lowest BCUT2D eigenvalue weighted by Gasteiger charge is -2.31. The normalized spacial score (nSPS) is 18.1. The fourth-order valence-electron chi connectivity index (χ4n) is 2.29. The summed E-state index contributed by atoms with van der Waals surface area (Å²) in [5, 5.41) is 20.1. The minimum atomic E-state index is -0.656. The van der Waals surface area contributed by atoms with E-state index in [2.05, 4.69) is 0 Å². The Bertz CT molecular complexity index is 609. The van der Waals surface area contributed by atoms with Crippen LogP contribution in [0.4, 0.5) is 5.69 Å². The Hall–Kier alpha value is -2.46. The molecular weight excluding hydrogens is 274 g/mol. The lowest BCUT2D eigenvalue weighted by molar-refractivity contribution is -0.385. The zero-order valence-corrected chi connectivity index (χ0v) is 11.6. The van der Waals surface area contributed by atoms with Crippen LogP contribution in [0.25, 0.3) is 0 Å². The van der Waals surface area contributed by atoms with Gasteiger partial charge in [-0.15, -0.1) is 0 Å². The topological polar surface area (TPSA) is 96.5 Å². The molecule has 1 aliphatic heterocycles. The number of nitrogens with zero attached hydrogens (tertiary/aromatic N) is 3. The number of morpholine rings is 1. The van der Waals surface area contributed by atoms with E-state index in [1.54, 1.807) is 12.1 Å². The molecule has 0 bridgehead atoms. The summed E-state index contributed by atoms with van der Waals surface area (Å²) >= 11 is 0. The van der Waals surface area contributed by atoms with Gasteiger partial charge in [0.1, 0.15) is 6.04 Å². The lowest BCUT2D eigenvalue weighted by atomic mass is 10.1. The molecule has 1 fully saturated rings. The SMILES string of the molecule is CCc1ccc(C(=O)N2CCOCC2C#N)cc1[N+](=O)[O-]. The van der Waals surface area contributed by atoms with Crippen LogP contribution in [0.3, 0.4) is 0 Å². The molecule has 1 aliphatic rings. The van der Waals surface area contributed by atoms with Crippen molar-refractivity contribution in [3.05, 3.63) is 39.4 Å². The Labute approximate surface area is 121 Å². The summed E-state index contributed by atoms with van der Waals surface area (Å²) in [6, 6.07) is 5.80. The predicted octanol–water partition coefficient (Wildman–Crippen LogP) is 1.52. The third-order valence-corrected chi connectivity index (χ3v) is 3.45. The molecule has 1 heterocycles. The average molecular weight is 289 g/mol. The van der Waals surface area contributed by atoms with Gasteiger partial charge in [0.15, 0.2) is 0 Å². The van der Waals surface area contributed by atoms with Gasteiger partial charge in [0.25, 0.3) is 11.6 Å². The highest BCUT2D eigenvalue weighted by Crippen LogP contribution is 2.22. The maximum absolute atomic E-state index is 12.4. The number of benzene rings is 1. The summed E-state index contributed by atoms with van der Waals surface area (Å²) in [5.74, 6) is -0.379. The number of ether oxygens (including phenoxy) is 1. The number of hydrogen-bond acceptors (Lipinski definition) is 5. The second-order valence-corrected chi connectivity index (χ2v) is 4.67. The number of carbonyl (C=O) groups excluding carboxylic acids is 1. The molecule has 1 aromatic carbocycles. The average Bonchev–Trinajstić information content (AvgIpc) is 2.53. The number of nitro benzene ring substituents is 1. The Morgan fingerprint density at radius 2 is 2.38 bits per heavy atom. The highest BCUT2D eigenvalue weighted by molar-refractivity contribution is 5.95. The summed E-state index contributed by atoms with van der Waals surface area (Å²) in [4.78, 5) is 24.4. The molecule has 1 atom stereocenters. The van der Waals surface area contributed by atoms with Gasteiger partial charge in [-0.3, -0.25) is 14.9 Å². The summed E-state index contributed by atoms with van der Waals surface area (Å²) in [7, 11) is 0. The molecule has 0 aromatic heterocycles. The van der Waals surface area contributed by atoms with Crippen molar-refractivity contribution in [2.24, 2.45) is 0 Å². The number of nitro groups is 1. The van der Waals surface area contributed by atoms with Crippen LogP contribution >= 0.6 is 0 Å². The van der Waals surface area contributed by atoms with Gasteiger partial charge in [-0.2, -0.15) is 5.26 Å². The van der Waals surface area contributed by atoms with E-state index < -0.39 is 11.0 Å². The van der Waals surface area contributed by atoms with Crippen LogP contribution in [0.2, 0.25) is 0 Å². The van der Waals surface area contributed by atoms with Crippen molar-refractivity contribution in [3.63, 3.8) is 0 Å². The molecule has 7 heteroatoms. The van der Waals surface area contributed by atoms with E-state index in [0.29, 0.717) is 25.1 Å². The first-order valence-corrected chi connectivity index (χ1v) is 6.64. The second kappa shape index (κ2) is 6.33. The van der Waals surface area contributed by atoms with Gasteiger partial charge in [0, 0.05) is 23.7 Å². The van der Waals surface area contributed by atoms with Gasteiger partial charge in [-0.1, -0.05) is 13.0 Å². The number of rotatable bonds is 3. The van der Waals surface area contributed by atoms with Crippen LogP contribution in [-0.2, 0) is 11.2 Å². The van der Waals surface area contributed by atoms with Crippen LogP contribution in [0, 0.1) is 21.4 Å². The first-order valence-electron chi connectivity index (χ1n) is 6.64. The number of aryl methyl sites for hydroxylation is 1. The van der Waals surface area contributed by atoms with E-state index in [1.807, 2.05) is 13.0 Å². The molecule has 1 aromatic rings. The van der Waals surface area contributed by atoms with Crippen molar-refractivity contribution in [3.8, 4) is 6.07 Å². The third kappa shape index (κ3) is 3.01. The van der Waals surface area contributed by atoms with Gasteiger partial charge in [0.05, 0.1) is 24.2 Å². The predicted molar refractivity (Wildman–Crippen MR) is 73.7 cm³/mol. The lowest BCUT2D eigenvalue weighted by Crippen LogP contribution is -2.48. The van der Waals surface area contributed by atoms with E-state index in [-0.39, 0.29) is 23.8 Å². The molecule has 1 saturated heterocycles. The van der Waals surface area contributed by atoms with E-state index in [4.69, 9.17) is 10.00 Å². The Kier molecular flexibility index (Phi) is 4.50. The molecule has 21 heavy (non-hydrogen) atoms. The Balaban J connectivity index is 2.33. The summed E-state index contributed by atoms with van der Waals surface area (Å²) in [6.45, 7) is 2.65. The molecule has 2 rings (SSSR count). The number of nitriles is 1. The first kappa shape index (κ1) is 14.9. The van der Waals surface area contributed by atoms with Crippen LogP contribution in [-0.4, -0.2) is 41.5 Å². The molecular formula is C14H15N3O4. The quantitative estimate of drug-likeness (QED) is 0.621. The van der Waals surface area contributed by atoms with E-state index in [9.17, 15) is 14.9 Å².